The van der Waals surface area contributed by atoms with Gasteiger partial charge >= 0.3 is 0 Å². The summed E-state index contributed by atoms with van der Waals surface area (Å²) in [5.74, 6) is 0.354. The van der Waals surface area contributed by atoms with Crippen molar-refractivity contribution in [2.75, 3.05) is 46.8 Å². The van der Waals surface area contributed by atoms with Gasteiger partial charge in [0.1, 0.15) is 0 Å². The van der Waals surface area contributed by atoms with E-state index >= 15 is 0 Å². The number of primary amides is 1. The first-order chi connectivity index (χ1) is 9.21. The van der Waals surface area contributed by atoms with Gasteiger partial charge in [0, 0.05) is 26.2 Å². The molecule has 3 N–H and O–H groups in total. The third kappa shape index (κ3) is 7.82. The summed E-state index contributed by atoms with van der Waals surface area (Å²) >= 11 is 0. The Morgan fingerprint density at radius 1 is 1.25 bits per heavy atom. The molecule has 5 heteroatoms. The molecule has 0 bridgehead atoms. The molecule has 0 fully saturated rings. The maximum atomic E-state index is 11.6. The second-order valence-electron chi connectivity index (χ2n) is 6.47. The van der Waals surface area contributed by atoms with Crippen molar-refractivity contribution in [2.45, 2.75) is 39.7 Å². The normalized spacial score (nSPS) is 15.1. The minimum absolute atomic E-state index is 0.267. The zero-order valence-corrected chi connectivity index (χ0v) is 14.2. The fourth-order valence-electron chi connectivity index (χ4n) is 2.22. The molecule has 1 unspecified atom stereocenters. The number of hydrogen-bond acceptors (Lipinski definition) is 4. The molecular formula is C15H34N4O. The predicted molar refractivity (Wildman–Crippen MR) is 85.7 cm³/mol. The van der Waals surface area contributed by atoms with Crippen molar-refractivity contribution in [1.29, 1.82) is 0 Å². The number of nitrogens with two attached hydrogens (primary N) is 1. The van der Waals surface area contributed by atoms with Gasteiger partial charge in [-0.1, -0.05) is 20.8 Å². The van der Waals surface area contributed by atoms with E-state index in [2.05, 4.69) is 43.1 Å². The van der Waals surface area contributed by atoms with Crippen LogP contribution < -0.4 is 11.1 Å². The Morgan fingerprint density at radius 2 is 1.85 bits per heavy atom. The topological polar surface area (TPSA) is 61.6 Å². The smallest absolute Gasteiger partial charge is 0.237 e. The molecule has 5 nitrogen and oxygen atoms in total. The van der Waals surface area contributed by atoms with Crippen LogP contribution in [0.5, 0.6) is 0 Å². The Balaban J connectivity index is 4.51. The SMILES string of the molecule is CCNC(C)(CCN(CCN(C)C)CC(C)C)C(N)=O. The van der Waals surface area contributed by atoms with E-state index in [4.69, 9.17) is 5.73 Å². The lowest BCUT2D eigenvalue weighted by molar-refractivity contribution is -0.124. The second kappa shape index (κ2) is 9.32. The summed E-state index contributed by atoms with van der Waals surface area (Å²) in [7, 11) is 4.17. The van der Waals surface area contributed by atoms with Crippen LogP contribution in [0.3, 0.4) is 0 Å². The number of carbonyl (C=O) groups excluding carboxylic acids is 1. The van der Waals surface area contributed by atoms with Crippen molar-refractivity contribution >= 4 is 5.91 Å². The highest BCUT2D eigenvalue weighted by molar-refractivity contribution is 5.84. The van der Waals surface area contributed by atoms with Gasteiger partial charge in [-0.15, -0.1) is 0 Å². The number of rotatable bonds is 11. The third-order valence-corrected chi connectivity index (χ3v) is 3.53. The van der Waals surface area contributed by atoms with Crippen molar-refractivity contribution in [3.8, 4) is 0 Å². The monoisotopic (exact) mass is 286 g/mol. The first kappa shape index (κ1) is 19.4. The molecule has 0 heterocycles. The van der Waals surface area contributed by atoms with Crippen LogP contribution in [0.1, 0.15) is 34.1 Å². The van der Waals surface area contributed by atoms with E-state index in [9.17, 15) is 4.79 Å². The number of carbonyl (C=O) groups is 1. The van der Waals surface area contributed by atoms with Crippen molar-refractivity contribution in [2.24, 2.45) is 11.7 Å². The molecule has 0 aromatic carbocycles. The van der Waals surface area contributed by atoms with Gasteiger partial charge in [-0.25, -0.2) is 0 Å². The number of amides is 1. The molecule has 0 radical (unpaired) electrons. The Labute approximate surface area is 124 Å². The lowest BCUT2D eigenvalue weighted by Crippen LogP contribution is -2.54. The highest BCUT2D eigenvalue weighted by Gasteiger charge is 2.30. The molecule has 1 atom stereocenters. The van der Waals surface area contributed by atoms with Crippen molar-refractivity contribution in [3.63, 3.8) is 0 Å². The standard InChI is InChI=1S/C15H34N4O/c1-7-17-15(4,14(16)20)8-9-19(12-13(2)3)11-10-18(5)6/h13,17H,7-12H2,1-6H3,(H2,16,20). The first-order valence-electron chi connectivity index (χ1n) is 7.63. The summed E-state index contributed by atoms with van der Waals surface area (Å²) in [6.45, 7) is 13.1. The van der Waals surface area contributed by atoms with Crippen LogP contribution in [0.25, 0.3) is 0 Å². The minimum Gasteiger partial charge on any atom is -0.368 e. The molecule has 120 valence electrons. The van der Waals surface area contributed by atoms with Gasteiger partial charge in [-0.05, 0) is 39.9 Å². The van der Waals surface area contributed by atoms with E-state index in [0.717, 1.165) is 39.1 Å². The molecule has 0 saturated heterocycles. The lowest BCUT2D eigenvalue weighted by Gasteiger charge is -2.32. The summed E-state index contributed by atoms with van der Waals surface area (Å²) in [5.41, 5.74) is 4.93. The molecule has 0 aliphatic carbocycles. The fraction of sp³-hybridized carbons (Fsp3) is 0.933. The molecule has 0 spiro atoms. The Morgan fingerprint density at radius 3 is 2.25 bits per heavy atom. The number of hydrogen-bond donors (Lipinski definition) is 2. The van der Waals surface area contributed by atoms with Crippen molar-refractivity contribution < 1.29 is 4.79 Å². The van der Waals surface area contributed by atoms with Crippen LogP contribution in [-0.2, 0) is 4.79 Å². The summed E-state index contributed by atoms with van der Waals surface area (Å²) in [5, 5.41) is 3.22. The quantitative estimate of drug-likeness (QED) is 0.588. The summed E-state index contributed by atoms with van der Waals surface area (Å²) < 4.78 is 0. The molecule has 20 heavy (non-hydrogen) atoms. The van der Waals surface area contributed by atoms with Crippen LogP contribution in [0.2, 0.25) is 0 Å². The molecule has 0 aromatic rings. The zero-order chi connectivity index (χ0) is 15.8. The number of nitrogens with zero attached hydrogens (tertiary/aromatic N) is 2. The van der Waals surface area contributed by atoms with Gasteiger partial charge in [0.05, 0.1) is 5.54 Å². The molecule has 0 rings (SSSR count). The second-order valence-corrected chi connectivity index (χ2v) is 6.47. The fourth-order valence-corrected chi connectivity index (χ4v) is 2.22. The van der Waals surface area contributed by atoms with Crippen LogP contribution >= 0.6 is 0 Å². The van der Waals surface area contributed by atoms with Gasteiger partial charge in [-0.3, -0.25) is 4.79 Å². The van der Waals surface area contributed by atoms with Gasteiger partial charge in [0.2, 0.25) is 5.91 Å². The summed E-state index contributed by atoms with van der Waals surface area (Å²) in [4.78, 5) is 16.3. The summed E-state index contributed by atoms with van der Waals surface area (Å²) in [6.07, 6.45) is 0.746. The van der Waals surface area contributed by atoms with Gasteiger partial charge in [-0.2, -0.15) is 0 Å². The first-order valence-corrected chi connectivity index (χ1v) is 7.63. The lowest BCUT2D eigenvalue weighted by atomic mass is 9.96. The maximum absolute atomic E-state index is 11.6. The van der Waals surface area contributed by atoms with Gasteiger partial charge < -0.3 is 20.9 Å². The van der Waals surface area contributed by atoms with E-state index in [-0.39, 0.29) is 5.91 Å². The average molecular weight is 286 g/mol. The highest BCUT2D eigenvalue weighted by Crippen LogP contribution is 2.11. The predicted octanol–water partition coefficient (Wildman–Crippen LogP) is 0.750. The highest BCUT2D eigenvalue weighted by atomic mass is 16.1. The molecular weight excluding hydrogens is 252 g/mol. The van der Waals surface area contributed by atoms with Crippen molar-refractivity contribution in [3.05, 3.63) is 0 Å². The summed E-state index contributed by atoms with van der Waals surface area (Å²) in [6, 6.07) is 0. The van der Waals surface area contributed by atoms with Crippen LogP contribution in [0.15, 0.2) is 0 Å². The maximum Gasteiger partial charge on any atom is 0.237 e. The van der Waals surface area contributed by atoms with E-state index in [1.807, 2.05) is 13.8 Å². The van der Waals surface area contributed by atoms with E-state index in [1.54, 1.807) is 0 Å². The molecule has 1 amide bonds. The molecule has 0 aliphatic heterocycles. The minimum atomic E-state index is -0.609. The van der Waals surface area contributed by atoms with Crippen LogP contribution in [0, 0.1) is 5.92 Å². The van der Waals surface area contributed by atoms with E-state index in [1.165, 1.54) is 0 Å². The number of nitrogens with one attached hydrogen (secondary N) is 1. The van der Waals surface area contributed by atoms with Crippen LogP contribution in [-0.4, -0.2) is 68.1 Å². The molecule has 0 saturated carbocycles. The number of likely N-dealkylation sites (N-methyl/N-ethyl adjacent to an activating group) is 2. The van der Waals surface area contributed by atoms with Crippen LogP contribution in [0.4, 0.5) is 0 Å². The third-order valence-electron chi connectivity index (χ3n) is 3.53. The van der Waals surface area contributed by atoms with E-state index in [0.29, 0.717) is 5.92 Å². The van der Waals surface area contributed by atoms with Crippen molar-refractivity contribution in [1.82, 2.24) is 15.1 Å². The Hall–Kier alpha value is -0.650. The molecule has 0 aromatic heterocycles. The van der Waals surface area contributed by atoms with E-state index < -0.39 is 5.54 Å². The largest absolute Gasteiger partial charge is 0.368 e. The van der Waals surface area contributed by atoms with Gasteiger partial charge in [0.25, 0.3) is 0 Å². The Kier molecular flexibility index (Phi) is 9.01. The van der Waals surface area contributed by atoms with Gasteiger partial charge in [0.15, 0.2) is 0 Å². The Bertz CT molecular complexity index is 281. The molecule has 0 aliphatic rings. The average Bonchev–Trinajstić information content (AvgIpc) is 2.32. The zero-order valence-electron chi connectivity index (χ0n) is 14.2.